The summed E-state index contributed by atoms with van der Waals surface area (Å²) in [5.41, 5.74) is 9.31. The van der Waals surface area contributed by atoms with Crippen molar-refractivity contribution >= 4 is 11.2 Å². The van der Waals surface area contributed by atoms with E-state index >= 15 is 0 Å². The van der Waals surface area contributed by atoms with Crippen molar-refractivity contribution < 1.29 is 5.11 Å². The first-order valence-electron chi connectivity index (χ1n) is 14.3. The number of phenols is 1. The van der Waals surface area contributed by atoms with E-state index in [0.29, 0.717) is 5.82 Å². The van der Waals surface area contributed by atoms with Crippen LogP contribution in [0.15, 0.2) is 67.0 Å². The van der Waals surface area contributed by atoms with Gasteiger partial charge in [-0.3, -0.25) is 4.98 Å². The first-order chi connectivity index (χ1) is 19.1. The molecule has 0 saturated carbocycles. The van der Waals surface area contributed by atoms with Crippen LogP contribution >= 0.6 is 0 Å². The molecule has 2 aromatic carbocycles. The highest BCUT2D eigenvalue weighted by Gasteiger charge is 2.28. The van der Waals surface area contributed by atoms with Gasteiger partial charge in [0.15, 0.2) is 5.65 Å². The van der Waals surface area contributed by atoms with Gasteiger partial charge in [0.05, 0.1) is 11.3 Å². The second-order valence-electron chi connectivity index (χ2n) is 14.2. The van der Waals surface area contributed by atoms with E-state index in [0.717, 1.165) is 50.2 Å². The Morgan fingerprint density at radius 2 is 1.32 bits per heavy atom. The number of pyridine rings is 2. The number of hydrogen-bond acceptors (Lipinski definition) is 4. The van der Waals surface area contributed by atoms with E-state index in [1.54, 1.807) is 0 Å². The Morgan fingerprint density at radius 1 is 0.659 bits per heavy atom. The summed E-state index contributed by atoms with van der Waals surface area (Å²) in [7, 11) is 1.98. The van der Waals surface area contributed by atoms with Crippen LogP contribution in [0.2, 0.25) is 0 Å². The lowest BCUT2D eigenvalue weighted by Crippen LogP contribution is -2.17. The Labute approximate surface area is 244 Å². The van der Waals surface area contributed by atoms with Crippen LogP contribution in [0.25, 0.3) is 44.9 Å². The van der Waals surface area contributed by atoms with Crippen LogP contribution in [0.4, 0.5) is 0 Å². The molecule has 0 amide bonds. The van der Waals surface area contributed by atoms with Gasteiger partial charge < -0.3 is 9.67 Å². The van der Waals surface area contributed by atoms with E-state index in [1.165, 1.54) is 5.56 Å². The summed E-state index contributed by atoms with van der Waals surface area (Å²) in [4.78, 5) is 14.6. The monoisotopic (exact) mass is 546 g/mol. The second-order valence-corrected chi connectivity index (χ2v) is 14.2. The SMILES string of the molecule is Cn1c(-c2cc(C(C)(C)C)cc(C(C)(C)C)c2O)nc2c(-c3cc(-c4ccccn4)cc(C(C)(C)C)c3)ccnc21. The zero-order valence-corrected chi connectivity index (χ0v) is 26.1. The van der Waals surface area contributed by atoms with Crippen molar-refractivity contribution in [3.8, 4) is 39.5 Å². The average molecular weight is 547 g/mol. The minimum absolute atomic E-state index is 0.0521. The summed E-state index contributed by atoms with van der Waals surface area (Å²) >= 11 is 0. The molecule has 0 radical (unpaired) electrons. The smallest absolute Gasteiger partial charge is 0.160 e. The number of hydrogen-bond donors (Lipinski definition) is 1. The van der Waals surface area contributed by atoms with Crippen molar-refractivity contribution in [1.29, 1.82) is 0 Å². The summed E-state index contributed by atoms with van der Waals surface area (Å²) in [6.07, 6.45) is 3.68. The van der Waals surface area contributed by atoms with E-state index in [4.69, 9.17) is 9.97 Å². The maximum Gasteiger partial charge on any atom is 0.160 e. The van der Waals surface area contributed by atoms with Gasteiger partial charge in [0, 0.05) is 36.1 Å². The highest BCUT2D eigenvalue weighted by atomic mass is 16.3. The lowest BCUT2D eigenvalue weighted by molar-refractivity contribution is 0.446. The zero-order chi connectivity index (χ0) is 29.9. The average Bonchev–Trinajstić information content (AvgIpc) is 3.23. The molecule has 0 spiro atoms. The molecule has 3 heterocycles. The van der Waals surface area contributed by atoms with Crippen LogP contribution in [0.1, 0.15) is 79.0 Å². The van der Waals surface area contributed by atoms with E-state index < -0.39 is 0 Å². The van der Waals surface area contributed by atoms with Gasteiger partial charge in [0.1, 0.15) is 17.1 Å². The van der Waals surface area contributed by atoms with Crippen molar-refractivity contribution in [3.05, 3.63) is 83.7 Å². The Hall–Kier alpha value is -3.99. The molecule has 0 fully saturated rings. The predicted octanol–water partition coefficient (Wildman–Crippen LogP) is 8.96. The number of nitrogens with zero attached hydrogens (tertiary/aromatic N) is 4. The molecule has 0 unspecified atom stereocenters. The topological polar surface area (TPSA) is 63.8 Å². The Bertz CT molecular complexity index is 1740. The largest absolute Gasteiger partial charge is 0.507 e. The summed E-state index contributed by atoms with van der Waals surface area (Å²) in [5, 5.41) is 11.6. The lowest BCUT2D eigenvalue weighted by atomic mass is 9.79. The second kappa shape index (κ2) is 9.83. The maximum atomic E-state index is 11.6. The number of imidazole rings is 1. The van der Waals surface area contributed by atoms with Gasteiger partial charge in [-0.25, -0.2) is 9.97 Å². The molecule has 5 rings (SSSR count). The zero-order valence-electron chi connectivity index (χ0n) is 26.1. The third kappa shape index (κ3) is 5.38. The molecule has 5 heteroatoms. The van der Waals surface area contributed by atoms with Crippen LogP contribution in [0, 0.1) is 0 Å². The van der Waals surface area contributed by atoms with Crippen LogP contribution in [0.3, 0.4) is 0 Å². The minimum atomic E-state index is -0.233. The first-order valence-corrected chi connectivity index (χ1v) is 14.3. The summed E-state index contributed by atoms with van der Waals surface area (Å²) in [6, 6.07) is 19.0. The molecule has 5 nitrogen and oxygen atoms in total. The van der Waals surface area contributed by atoms with Gasteiger partial charge in [-0.15, -0.1) is 0 Å². The van der Waals surface area contributed by atoms with Gasteiger partial charge in [-0.05, 0) is 69.3 Å². The fraction of sp³-hybridized carbons (Fsp3) is 0.361. The fourth-order valence-corrected chi connectivity index (χ4v) is 5.26. The van der Waals surface area contributed by atoms with Crippen LogP contribution in [-0.4, -0.2) is 24.6 Å². The molecular weight excluding hydrogens is 504 g/mol. The van der Waals surface area contributed by atoms with Crippen molar-refractivity contribution in [3.63, 3.8) is 0 Å². The molecule has 1 N–H and O–H groups in total. The quantitative estimate of drug-likeness (QED) is 0.245. The molecule has 0 aliphatic rings. The molecule has 5 aromatic rings. The fourth-order valence-electron chi connectivity index (χ4n) is 5.26. The van der Waals surface area contributed by atoms with Gasteiger partial charge in [-0.1, -0.05) is 80.5 Å². The Kier molecular flexibility index (Phi) is 6.84. The molecule has 41 heavy (non-hydrogen) atoms. The lowest BCUT2D eigenvalue weighted by Gasteiger charge is -2.27. The van der Waals surface area contributed by atoms with Crippen molar-refractivity contribution in [2.24, 2.45) is 7.05 Å². The summed E-state index contributed by atoms with van der Waals surface area (Å²) in [6.45, 7) is 19.7. The highest BCUT2D eigenvalue weighted by Crippen LogP contribution is 2.43. The summed E-state index contributed by atoms with van der Waals surface area (Å²) < 4.78 is 2.00. The molecule has 0 atom stereocenters. The maximum absolute atomic E-state index is 11.6. The molecular formula is C36H42N4O. The van der Waals surface area contributed by atoms with Gasteiger partial charge in [0.2, 0.25) is 0 Å². The number of aryl methyl sites for hydroxylation is 1. The van der Waals surface area contributed by atoms with E-state index in [-0.39, 0.29) is 22.0 Å². The molecule has 0 aliphatic heterocycles. The number of fused-ring (bicyclic) bond motifs is 1. The minimum Gasteiger partial charge on any atom is -0.507 e. The standard InChI is InChI=1S/C36H42N4O/c1-34(2,3)24-18-22(17-23(19-24)29-13-11-12-15-37-29)26-14-16-38-33-30(26)39-32(40(33)10)27-20-25(35(4,5)6)21-28(31(27)41)36(7,8)9/h11-21,41H,1-10H3. The predicted molar refractivity (Wildman–Crippen MR) is 170 cm³/mol. The molecule has 0 saturated heterocycles. The van der Waals surface area contributed by atoms with E-state index in [9.17, 15) is 5.11 Å². The summed E-state index contributed by atoms with van der Waals surface area (Å²) in [5.74, 6) is 0.976. The van der Waals surface area contributed by atoms with Crippen molar-refractivity contribution in [1.82, 2.24) is 19.5 Å². The number of benzene rings is 2. The highest BCUT2D eigenvalue weighted by molar-refractivity contribution is 5.93. The number of phenolic OH excluding ortho intramolecular Hbond substituents is 1. The van der Waals surface area contributed by atoms with Gasteiger partial charge in [0.25, 0.3) is 0 Å². The van der Waals surface area contributed by atoms with Crippen molar-refractivity contribution in [2.45, 2.75) is 78.6 Å². The van der Waals surface area contributed by atoms with Crippen LogP contribution < -0.4 is 0 Å². The number of rotatable bonds is 3. The van der Waals surface area contributed by atoms with Gasteiger partial charge >= 0.3 is 0 Å². The van der Waals surface area contributed by atoms with Crippen molar-refractivity contribution in [2.75, 3.05) is 0 Å². The molecule has 0 aliphatic carbocycles. The first kappa shape index (κ1) is 28.5. The molecule has 3 aromatic heterocycles. The van der Waals surface area contributed by atoms with E-state index in [2.05, 4.69) is 97.6 Å². The number of aromatic nitrogens is 4. The molecule has 212 valence electrons. The third-order valence-corrected chi connectivity index (χ3v) is 7.85. The normalized spacial score (nSPS) is 12.7. The van der Waals surface area contributed by atoms with Crippen LogP contribution in [-0.2, 0) is 23.3 Å². The Morgan fingerprint density at radius 3 is 1.93 bits per heavy atom. The number of aromatic hydroxyl groups is 1. The molecule has 0 bridgehead atoms. The van der Waals surface area contributed by atoms with Gasteiger partial charge in [-0.2, -0.15) is 0 Å². The third-order valence-electron chi connectivity index (χ3n) is 7.85. The van der Waals surface area contributed by atoms with Crippen LogP contribution in [0.5, 0.6) is 5.75 Å². The van der Waals surface area contributed by atoms with E-state index in [1.807, 2.05) is 48.3 Å². The Balaban J connectivity index is 1.78.